The Morgan fingerprint density at radius 3 is 2.19 bits per heavy atom. The Morgan fingerprint density at radius 1 is 0.714 bits per heavy atom. The summed E-state index contributed by atoms with van der Waals surface area (Å²) in [4.78, 5) is 12.3. The summed E-state index contributed by atoms with van der Waals surface area (Å²) < 4.78 is 0. The molecule has 0 radical (unpaired) electrons. The van der Waals surface area contributed by atoms with Crippen molar-refractivity contribution in [2.24, 2.45) is 0 Å². The van der Waals surface area contributed by atoms with Gasteiger partial charge in [-0.25, -0.2) is 0 Å². The molecule has 0 amide bonds. The molecule has 1 aromatic carbocycles. The van der Waals surface area contributed by atoms with Crippen molar-refractivity contribution in [3.63, 3.8) is 0 Å². The Kier molecular flexibility index (Phi) is 2.75. The number of benzene rings is 1. The van der Waals surface area contributed by atoms with Crippen LogP contribution in [0, 0.1) is 0 Å². The number of pyridine rings is 2. The molecule has 0 saturated heterocycles. The predicted molar refractivity (Wildman–Crippen MR) is 84.8 cm³/mol. The van der Waals surface area contributed by atoms with Crippen molar-refractivity contribution in [2.75, 3.05) is 0 Å². The lowest BCUT2D eigenvalue weighted by Crippen LogP contribution is -1.84. The predicted octanol–water partition coefficient (Wildman–Crippen LogP) is 4.29. The van der Waals surface area contributed by atoms with Gasteiger partial charge in [-0.15, -0.1) is 0 Å². The molecule has 0 fully saturated rings. The van der Waals surface area contributed by atoms with Crippen LogP contribution in [0.3, 0.4) is 0 Å². The molecule has 4 rings (SSSR count). The van der Waals surface area contributed by atoms with E-state index >= 15 is 0 Å². The van der Waals surface area contributed by atoms with E-state index in [4.69, 9.17) is 0 Å². The molecule has 0 atom stereocenters. The van der Waals surface area contributed by atoms with E-state index in [0.29, 0.717) is 0 Å². The minimum atomic E-state index is 0.945. The lowest BCUT2D eigenvalue weighted by Gasteiger charge is -2.02. The molecule has 100 valence electrons. The van der Waals surface area contributed by atoms with Gasteiger partial charge in [-0.3, -0.25) is 9.97 Å². The summed E-state index contributed by atoms with van der Waals surface area (Å²) in [5, 5.41) is 1.17. The lowest BCUT2D eigenvalue weighted by atomic mass is 10.1. The number of para-hydroxylation sites is 1. The first-order valence-corrected chi connectivity index (χ1v) is 6.86. The largest absolute Gasteiger partial charge is 0.353 e. The number of hydrogen-bond acceptors (Lipinski definition) is 2. The van der Waals surface area contributed by atoms with Crippen LogP contribution in [0.4, 0.5) is 0 Å². The van der Waals surface area contributed by atoms with Gasteiger partial charge in [-0.05, 0) is 30.3 Å². The van der Waals surface area contributed by atoms with E-state index in [-0.39, 0.29) is 0 Å². The zero-order valence-electron chi connectivity index (χ0n) is 11.3. The summed E-state index contributed by atoms with van der Waals surface area (Å²) in [7, 11) is 0. The number of fused-ring (bicyclic) bond motifs is 1. The third-order valence-corrected chi connectivity index (χ3v) is 3.54. The summed E-state index contributed by atoms with van der Waals surface area (Å²) >= 11 is 0. The van der Waals surface area contributed by atoms with Crippen molar-refractivity contribution < 1.29 is 0 Å². The molecule has 0 saturated carbocycles. The minimum Gasteiger partial charge on any atom is -0.353 e. The Labute approximate surface area is 122 Å². The first-order valence-electron chi connectivity index (χ1n) is 6.86. The summed E-state index contributed by atoms with van der Waals surface area (Å²) in [6.45, 7) is 0. The van der Waals surface area contributed by atoms with E-state index < -0.39 is 0 Å². The zero-order valence-corrected chi connectivity index (χ0v) is 11.3. The van der Waals surface area contributed by atoms with Crippen LogP contribution in [0.1, 0.15) is 0 Å². The number of nitrogens with one attached hydrogen (secondary N) is 1. The number of rotatable bonds is 2. The highest BCUT2D eigenvalue weighted by Crippen LogP contribution is 2.30. The maximum absolute atomic E-state index is 4.45. The summed E-state index contributed by atoms with van der Waals surface area (Å²) in [5.41, 5.74) is 5.14. The van der Waals surface area contributed by atoms with Crippen LogP contribution in [0.2, 0.25) is 0 Å². The molecule has 0 unspecified atom stereocenters. The van der Waals surface area contributed by atoms with Gasteiger partial charge < -0.3 is 4.98 Å². The fraction of sp³-hybridized carbons (Fsp3) is 0. The first-order chi connectivity index (χ1) is 10.4. The molecule has 3 nitrogen and oxygen atoms in total. The van der Waals surface area contributed by atoms with Crippen molar-refractivity contribution in [2.45, 2.75) is 0 Å². The van der Waals surface area contributed by atoms with Crippen LogP contribution in [-0.2, 0) is 0 Å². The van der Waals surface area contributed by atoms with E-state index in [9.17, 15) is 0 Å². The van der Waals surface area contributed by atoms with Gasteiger partial charge in [0, 0.05) is 23.3 Å². The van der Waals surface area contributed by atoms with Gasteiger partial charge in [0.05, 0.1) is 22.6 Å². The third kappa shape index (κ3) is 2.09. The van der Waals surface area contributed by atoms with E-state index in [1.54, 1.807) is 6.20 Å². The van der Waals surface area contributed by atoms with Crippen LogP contribution in [0.25, 0.3) is 33.5 Å². The molecule has 0 aliphatic heterocycles. The van der Waals surface area contributed by atoms with Gasteiger partial charge in [0.25, 0.3) is 0 Å². The molecule has 0 spiro atoms. The first kappa shape index (κ1) is 11.9. The third-order valence-electron chi connectivity index (χ3n) is 3.54. The van der Waals surface area contributed by atoms with Crippen LogP contribution in [0.5, 0.6) is 0 Å². The van der Waals surface area contributed by atoms with Crippen LogP contribution < -0.4 is 0 Å². The molecule has 3 aromatic heterocycles. The average molecular weight is 271 g/mol. The number of aromatic nitrogens is 3. The molecule has 0 aliphatic carbocycles. The second-order valence-electron chi connectivity index (χ2n) is 4.88. The van der Waals surface area contributed by atoms with E-state index in [1.165, 1.54) is 5.39 Å². The molecule has 0 aliphatic rings. The maximum Gasteiger partial charge on any atom is 0.0864 e. The van der Waals surface area contributed by atoms with Crippen LogP contribution in [-0.4, -0.2) is 15.0 Å². The molecule has 3 heteroatoms. The highest BCUT2D eigenvalue weighted by molar-refractivity contribution is 5.96. The normalized spacial score (nSPS) is 10.9. The number of hydrogen-bond donors (Lipinski definition) is 1. The number of aromatic amines is 1. The van der Waals surface area contributed by atoms with Crippen molar-refractivity contribution in [3.05, 3.63) is 73.1 Å². The molecule has 0 bridgehead atoms. The van der Waals surface area contributed by atoms with Crippen molar-refractivity contribution in [1.29, 1.82) is 0 Å². The van der Waals surface area contributed by atoms with E-state index in [1.807, 2.05) is 42.6 Å². The number of H-pyrrole nitrogens is 1. The fourth-order valence-electron chi connectivity index (χ4n) is 2.55. The zero-order chi connectivity index (χ0) is 14.1. The number of nitrogens with zero attached hydrogens (tertiary/aromatic N) is 2. The van der Waals surface area contributed by atoms with E-state index in [2.05, 4.69) is 39.2 Å². The van der Waals surface area contributed by atoms with Gasteiger partial charge in [0.15, 0.2) is 0 Å². The summed E-state index contributed by atoms with van der Waals surface area (Å²) in [6, 6.07) is 20.3. The second-order valence-corrected chi connectivity index (χ2v) is 4.88. The quantitative estimate of drug-likeness (QED) is 0.591. The monoisotopic (exact) mass is 271 g/mol. The fourth-order valence-corrected chi connectivity index (χ4v) is 2.55. The van der Waals surface area contributed by atoms with Gasteiger partial charge >= 0.3 is 0 Å². The van der Waals surface area contributed by atoms with Gasteiger partial charge in [0.1, 0.15) is 0 Å². The van der Waals surface area contributed by atoms with Crippen molar-refractivity contribution >= 4 is 10.9 Å². The second kappa shape index (κ2) is 4.87. The standard InChI is InChI=1S/C18H13N3/c1-3-10-19-15(8-1)14-7-5-6-13-12-17(21-18(13)14)16-9-2-4-11-20-16/h1-12,21H. The summed E-state index contributed by atoms with van der Waals surface area (Å²) in [5.74, 6) is 0. The Bertz CT molecular complexity index is 880. The van der Waals surface area contributed by atoms with Gasteiger partial charge in [-0.1, -0.05) is 30.3 Å². The lowest BCUT2D eigenvalue weighted by molar-refractivity contribution is 1.29. The summed E-state index contributed by atoms with van der Waals surface area (Å²) in [6.07, 6.45) is 3.62. The molecular weight excluding hydrogens is 258 g/mol. The van der Waals surface area contributed by atoms with Gasteiger partial charge in [0.2, 0.25) is 0 Å². The molecule has 21 heavy (non-hydrogen) atoms. The molecule has 3 heterocycles. The van der Waals surface area contributed by atoms with Crippen LogP contribution >= 0.6 is 0 Å². The topological polar surface area (TPSA) is 41.6 Å². The Hall–Kier alpha value is -2.94. The molecular formula is C18H13N3. The Morgan fingerprint density at radius 2 is 1.48 bits per heavy atom. The smallest absolute Gasteiger partial charge is 0.0864 e. The Balaban J connectivity index is 1.93. The molecule has 4 aromatic rings. The molecule has 1 N–H and O–H groups in total. The van der Waals surface area contributed by atoms with Crippen molar-refractivity contribution in [3.8, 4) is 22.6 Å². The van der Waals surface area contributed by atoms with Gasteiger partial charge in [-0.2, -0.15) is 0 Å². The van der Waals surface area contributed by atoms with Crippen LogP contribution in [0.15, 0.2) is 73.1 Å². The van der Waals surface area contributed by atoms with Crippen molar-refractivity contribution in [1.82, 2.24) is 15.0 Å². The highest BCUT2D eigenvalue weighted by Gasteiger charge is 2.09. The maximum atomic E-state index is 4.45. The average Bonchev–Trinajstić information content (AvgIpc) is 3.00. The van der Waals surface area contributed by atoms with E-state index in [0.717, 1.165) is 28.2 Å². The highest BCUT2D eigenvalue weighted by atomic mass is 14.8. The minimum absolute atomic E-state index is 0.945. The SMILES string of the molecule is c1ccc(-c2cc3cccc(-c4ccccn4)c3[nH]2)nc1.